The van der Waals surface area contributed by atoms with Crippen LogP contribution in [0.5, 0.6) is 0 Å². The number of hydrogen-bond donors (Lipinski definition) is 2. The fourth-order valence-electron chi connectivity index (χ4n) is 2.09. The van der Waals surface area contributed by atoms with Gasteiger partial charge in [0.05, 0.1) is 6.04 Å². The molecule has 2 N–H and O–H groups in total. The van der Waals surface area contributed by atoms with Gasteiger partial charge in [-0.15, -0.1) is 0 Å². The van der Waals surface area contributed by atoms with Crippen molar-refractivity contribution in [1.29, 1.82) is 0 Å². The normalized spacial score (nSPS) is 22.5. The number of nitrogens with one attached hydrogen (secondary N) is 2. The first kappa shape index (κ1) is 14.5. The van der Waals surface area contributed by atoms with Gasteiger partial charge in [-0.25, -0.2) is 0 Å². The molecule has 1 fully saturated rings. The molecule has 2 unspecified atom stereocenters. The number of piperidine rings is 1. The van der Waals surface area contributed by atoms with Gasteiger partial charge in [-0.05, 0) is 39.8 Å². The van der Waals surface area contributed by atoms with Gasteiger partial charge in [0.25, 0.3) is 0 Å². The van der Waals surface area contributed by atoms with Crippen molar-refractivity contribution in [2.24, 2.45) is 0 Å². The maximum absolute atomic E-state index is 11.8. The molecule has 0 radical (unpaired) electrons. The topological polar surface area (TPSA) is 44.4 Å². The van der Waals surface area contributed by atoms with Crippen LogP contribution in [0.1, 0.15) is 39.5 Å². The Labute approximate surface area is 105 Å². The quantitative estimate of drug-likeness (QED) is 0.728. The summed E-state index contributed by atoms with van der Waals surface area (Å²) in [5, 5.41) is 6.28. The lowest BCUT2D eigenvalue weighted by atomic mass is 10.0. The second-order valence-corrected chi connectivity index (χ2v) is 5.03. The fourth-order valence-corrected chi connectivity index (χ4v) is 2.09. The van der Waals surface area contributed by atoms with Crippen molar-refractivity contribution in [2.45, 2.75) is 51.6 Å². The van der Waals surface area contributed by atoms with Crippen LogP contribution in [0, 0.1) is 0 Å². The van der Waals surface area contributed by atoms with E-state index in [1.807, 2.05) is 0 Å². The smallest absolute Gasteiger partial charge is 0.237 e. The minimum absolute atomic E-state index is 0.0395. The maximum atomic E-state index is 11.8. The number of rotatable bonds is 6. The van der Waals surface area contributed by atoms with Crippen molar-refractivity contribution in [1.82, 2.24) is 15.5 Å². The second kappa shape index (κ2) is 7.67. The number of carbonyl (C=O) groups is 1. The summed E-state index contributed by atoms with van der Waals surface area (Å²) < 4.78 is 0. The summed E-state index contributed by atoms with van der Waals surface area (Å²) in [6.07, 6.45) is 4.49. The molecule has 100 valence electrons. The van der Waals surface area contributed by atoms with Gasteiger partial charge in [0.2, 0.25) is 5.91 Å². The highest BCUT2D eigenvalue weighted by atomic mass is 16.2. The molecule has 1 heterocycles. The van der Waals surface area contributed by atoms with Gasteiger partial charge in [0.1, 0.15) is 0 Å². The zero-order valence-electron chi connectivity index (χ0n) is 11.5. The van der Waals surface area contributed by atoms with E-state index in [0.29, 0.717) is 6.04 Å². The molecule has 0 aromatic carbocycles. The van der Waals surface area contributed by atoms with E-state index in [1.165, 1.54) is 6.42 Å². The Balaban J connectivity index is 2.15. The molecule has 1 aliphatic rings. The molecule has 1 aliphatic heterocycles. The Bertz CT molecular complexity index is 227. The fraction of sp³-hybridized carbons (Fsp3) is 0.923. The van der Waals surface area contributed by atoms with Crippen molar-refractivity contribution < 1.29 is 4.79 Å². The van der Waals surface area contributed by atoms with Crippen molar-refractivity contribution in [3.8, 4) is 0 Å². The van der Waals surface area contributed by atoms with Gasteiger partial charge >= 0.3 is 0 Å². The first-order valence-electron chi connectivity index (χ1n) is 6.86. The van der Waals surface area contributed by atoms with Crippen LogP contribution in [-0.4, -0.2) is 49.6 Å². The molecule has 1 rings (SSSR count). The van der Waals surface area contributed by atoms with E-state index in [9.17, 15) is 4.79 Å². The molecular weight excluding hydrogens is 214 g/mol. The van der Waals surface area contributed by atoms with E-state index in [1.54, 1.807) is 0 Å². The summed E-state index contributed by atoms with van der Waals surface area (Å²) in [6.45, 7) is 7.05. The van der Waals surface area contributed by atoms with Crippen molar-refractivity contribution >= 4 is 5.91 Å². The van der Waals surface area contributed by atoms with Gasteiger partial charge < -0.3 is 15.5 Å². The van der Waals surface area contributed by atoms with Gasteiger partial charge in [-0.1, -0.05) is 13.3 Å². The Morgan fingerprint density at radius 1 is 1.53 bits per heavy atom. The van der Waals surface area contributed by atoms with E-state index in [-0.39, 0.29) is 11.9 Å². The molecule has 1 amide bonds. The summed E-state index contributed by atoms with van der Waals surface area (Å²) in [4.78, 5) is 14.1. The largest absolute Gasteiger partial charge is 0.353 e. The Morgan fingerprint density at radius 2 is 2.29 bits per heavy atom. The SMILES string of the molecule is CCC(C)N(C)CCNC(=O)C1CCCCN1. The van der Waals surface area contributed by atoms with Crippen LogP contribution in [-0.2, 0) is 4.79 Å². The molecule has 0 aromatic rings. The number of amides is 1. The molecular formula is C13H27N3O. The first-order chi connectivity index (χ1) is 8.15. The molecule has 0 bridgehead atoms. The van der Waals surface area contributed by atoms with Crippen molar-refractivity contribution in [3.05, 3.63) is 0 Å². The molecule has 17 heavy (non-hydrogen) atoms. The minimum atomic E-state index is 0.0395. The van der Waals surface area contributed by atoms with Crippen LogP contribution < -0.4 is 10.6 Å². The van der Waals surface area contributed by atoms with Crippen LogP contribution in [0.15, 0.2) is 0 Å². The van der Waals surface area contributed by atoms with Gasteiger partial charge in [0, 0.05) is 19.1 Å². The van der Waals surface area contributed by atoms with Crippen molar-refractivity contribution in [3.63, 3.8) is 0 Å². The van der Waals surface area contributed by atoms with Crippen LogP contribution in [0.2, 0.25) is 0 Å². The number of hydrogen-bond acceptors (Lipinski definition) is 3. The van der Waals surface area contributed by atoms with E-state index in [2.05, 4.69) is 36.4 Å². The summed E-state index contributed by atoms with van der Waals surface area (Å²) >= 11 is 0. The lowest BCUT2D eigenvalue weighted by Crippen LogP contribution is -2.48. The molecule has 1 saturated heterocycles. The predicted molar refractivity (Wildman–Crippen MR) is 71.0 cm³/mol. The third-order valence-corrected chi connectivity index (χ3v) is 3.73. The van der Waals surface area contributed by atoms with Crippen LogP contribution in [0.25, 0.3) is 0 Å². The summed E-state index contributed by atoms with van der Waals surface area (Å²) in [5.41, 5.74) is 0. The van der Waals surface area contributed by atoms with E-state index in [0.717, 1.165) is 38.9 Å². The standard InChI is InChI=1S/C13H27N3O/c1-4-11(2)16(3)10-9-15-13(17)12-7-5-6-8-14-12/h11-12,14H,4-10H2,1-3H3,(H,15,17). The monoisotopic (exact) mass is 241 g/mol. The maximum Gasteiger partial charge on any atom is 0.237 e. The Kier molecular flexibility index (Phi) is 6.52. The summed E-state index contributed by atoms with van der Waals surface area (Å²) in [5.74, 6) is 0.169. The highest BCUT2D eigenvalue weighted by molar-refractivity contribution is 5.81. The zero-order chi connectivity index (χ0) is 12.7. The van der Waals surface area contributed by atoms with E-state index in [4.69, 9.17) is 0 Å². The summed E-state index contributed by atoms with van der Waals surface area (Å²) in [7, 11) is 2.11. The molecule has 0 saturated carbocycles. The Hall–Kier alpha value is -0.610. The average Bonchev–Trinajstić information content (AvgIpc) is 2.38. The van der Waals surface area contributed by atoms with E-state index < -0.39 is 0 Å². The predicted octanol–water partition coefficient (Wildman–Crippen LogP) is 0.975. The molecule has 0 aliphatic carbocycles. The molecule has 0 spiro atoms. The van der Waals surface area contributed by atoms with Crippen LogP contribution >= 0.6 is 0 Å². The van der Waals surface area contributed by atoms with Gasteiger partial charge in [-0.3, -0.25) is 4.79 Å². The number of nitrogens with zero attached hydrogens (tertiary/aromatic N) is 1. The molecule has 2 atom stereocenters. The Morgan fingerprint density at radius 3 is 2.88 bits per heavy atom. The van der Waals surface area contributed by atoms with Crippen LogP contribution in [0.3, 0.4) is 0 Å². The molecule has 4 heteroatoms. The zero-order valence-corrected chi connectivity index (χ0v) is 11.5. The van der Waals surface area contributed by atoms with Gasteiger partial charge in [0.15, 0.2) is 0 Å². The molecule has 4 nitrogen and oxygen atoms in total. The lowest BCUT2D eigenvalue weighted by Gasteiger charge is -2.25. The third-order valence-electron chi connectivity index (χ3n) is 3.73. The summed E-state index contributed by atoms with van der Waals surface area (Å²) in [6, 6.07) is 0.623. The minimum Gasteiger partial charge on any atom is -0.353 e. The van der Waals surface area contributed by atoms with Crippen molar-refractivity contribution in [2.75, 3.05) is 26.7 Å². The lowest BCUT2D eigenvalue weighted by molar-refractivity contribution is -0.123. The number of likely N-dealkylation sites (N-methyl/N-ethyl adjacent to an activating group) is 1. The number of carbonyl (C=O) groups excluding carboxylic acids is 1. The molecule has 0 aromatic heterocycles. The second-order valence-electron chi connectivity index (χ2n) is 5.03. The highest BCUT2D eigenvalue weighted by Crippen LogP contribution is 2.06. The average molecular weight is 241 g/mol. The third kappa shape index (κ3) is 5.04. The highest BCUT2D eigenvalue weighted by Gasteiger charge is 2.19. The first-order valence-corrected chi connectivity index (χ1v) is 6.86. The van der Waals surface area contributed by atoms with E-state index >= 15 is 0 Å². The van der Waals surface area contributed by atoms with Crippen LogP contribution in [0.4, 0.5) is 0 Å². The van der Waals surface area contributed by atoms with Gasteiger partial charge in [-0.2, -0.15) is 0 Å².